The summed E-state index contributed by atoms with van der Waals surface area (Å²) in [6.07, 6.45) is 2.54. The molecule has 0 aromatic carbocycles. The number of aryl methyl sites for hydroxylation is 1. The Balaban J connectivity index is 2.63. The number of likely N-dealkylation sites (N-methyl/N-ethyl adjacent to an activating group) is 1. The summed E-state index contributed by atoms with van der Waals surface area (Å²) in [4.78, 5) is 10.5. The van der Waals surface area contributed by atoms with E-state index in [1.54, 1.807) is 6.20 Å². The molecule has 0 spiro atoms. The molecule has 4 nitrogen and oxygen atoms in total. The zero-order chi connectivity index (χ0) is 9.84. The number of nitrogens with two attached hydrogens (primary N) is 1. The number of hydrogen-bond donors (Lipinski definition) is 1. The maximum Gasteiger partial charge on any atom is 0.129 e. The van der Waals surface area contributed by atoms with Gasteiger partial charge in [0.2, 0.25) is 0 Å². The van der Waals surface area contributed by atoms with Crippen LogP contribution in [0.5, 0.6) is 0 Å². The van der Waals surface area contributed by atoms with Crippen molar-refractivity contribution in [2.24, 2.45) is 0 Å². The van der Waals surface area contributed by atoms with Crippen LogP contribution in [0.25, 0.3) is 0 Å². The highest BCUT2D eigenvalue weighted by atomic mass is 15.1. The monoisotopic (exact) mass is 180 g/mol. The summed E-state index contributed by atoms with van der Waals surface area (Å²) in [7, 11) is 4.06. The van der Waals surface area contributed by atoms with E-state index in [1.807, 2.05) is 21.0 Å². The molecule has 2 N–H and O–H groups in total. The van der Waals surface area contributed by atoms with E-state index in [2.05, 4.69) is 14.9 Å². The molecule has 4 heteroatoms. The highest BCUT2D eigenvalue weighted by Gasteiger charge is 2.00. The second-order valence-corrected chi connectivity index (χ2v) is 3.38. The molecule has 0 saturated carbocycles. The number of aromatic nitrogens is 2. The maximum absolute atomic E-state index is 5.61. The Morgan fingerprint density at radius 2 is 2.15 bits per heavy atom. The van der Waals surface area contributed by atoms with E-state index in [-0.39, 0.29) is 0 Å². The van der Waals surface area contributed by atoms with Gasteiger partial charge in [-0.2, -0.15) is 0 Å². The van der Waals surface area contributed by atoms with Crippen LogP contribution in [0.4, 0.5) is 5.69 Å². The van der Waals surface area contributed by atoms with Crippen LogP contribution in [0.2, 0.25) is 0 Å². The van der Waals surface area contributed by atoms with Crippen LogP contribution < -0.4 is 5.73 Å². The molecule has 0 aliphatic carbocycles. The molecule has 0 fully saturated rings. The molecule has 0 saturated heterocycles. The molecule has 1 heterocycles. The van der Waals surface area contributed by atoms with Gasteiger partial charge in [-0.1, -0.05) is 0 Å². The fraction of sp³-hybridized carbons (Fsp3) is 0.556. The van der Waals surface area contributed by atoms with Gasteiger partial charge in [-0.05, 0) is 21.0 Å². The highest BCUT2D eigenvalue weighted by Crippen LogP contribution is 2.05. The van der Waals surface area contributed by atoms with Gasteiger partial charge in [-0.25, -0.2) is 9.97 Å². The highest BCUT2D eigenvalue weighted by molar-refractivity contribution is 5.38. The first-order chi connectivity index (χ1) is 6.09. The topological polar surface area (TPSA) is 55.0 Å². The van der Waals surface area contributed by atoms with Gasteiger partial charge in [0, 0.05) is 13.0 Å². The number of hydrogen-bond acceptors (Lipinski definition) is 4. The molecule has 1 rings (SSSR count). The van der Waals surface area contributed by atoms with E-state index in [9.17, 15) is 0 Å². The van der Waals surface area contributed by atoms with E-state index in [0.717, 1.165) is 24.5 Å². The fourth-order valence-electron chi connectivity index (χ4n) is 0.969. The van der Waals surface area contributed by atoms with Crippen molar-refractivity contribution in [1.29, 1.82) is 0 Å². The minimum absolute atomic E-state index is 0.661. The van der Waals surface area contributed by atoms with Crippen LogP contribution in [0.3, 0.4) is 0 Å². The van der Waals surface area contributed by atoms with Gasteiger partial charge in [0.25, 0.3) is 0 Å². The molecule has 0 unspecified atom stereocenters. The van der Waals surface area contributed by atoms with Crippen molar-refractivity contribution < 1.29 is 0 Å². The lowest BCUT2D eigenvalue weighted by Crippen LogP contribution is -2.16. The third kappa shape index (κ3) is 2.99. The van der Waals surface area contributed by atoms with Crippen LogP contribution in [0.1, 0.15) is 11.5 Å². The summed E-state index contributed by atoms with van der Waals surface area (Å²) >= 11 is 0. The summed E-state index contributed by atoms with van der Waals surface area (Å²) in [5, 5.41) is 0. The van der Waals surface area contributed by atoms with E-state index < -0.39 is 0 Å². The van der Waals surface area contributed by atoms with Gasteiger partial charge in [-0.15, -0.1) is 0 Å². The lowest BCUT2D eigenvalue weighted by Gasteiger charge is -2.08. The van der Waals surface area contributed by atoms with Gasteiger partial charge in [0.1, 0.15) is 5.82 Å². The van der Waals surface area contributed by atoms with Gasteiger partial charge in [0.05, 0.1) is 17.6 Å². The molecule has 72 valence electrons. The average Bonchev–Trinajstić information content (AvgIpc) is 2.07. The fourth-order valence-corrected chi connectivity index (χ4v) is 0.969. The number of anilines is 1. The van der Waals surface area contributed by atoms with Crippen LogP contribution in [0.15, 0.2) is 6.20 Å². The van der Waals surface area contributed by atoms with Gasteiger partial charge >= 0.3 is 0 Å². The van der Waals surface area contributed by atoms with Gasteiger partial charge in [-0.3, -0.25) is 0 Å². The molecule has 13 heavy (non-hydrogen) atoms. The van der Waals surface area contributed by atoms with Crippen LogP contribution in [0, 0.1) is 6.92 Å². The van der Waals surface area contributed by atoms with E-state index in [1.165, 1.54) is 0 Å². The zero-order valence-corrected chi connectivity index (χ0v) is 8.41. The average molecular weight is 180 g/mol. The number of rotatable bonds is 3. The molecule has 0 bridgehead atoms. The van der Waals surface area contributed by atoms with E-state index in [4.69, 9.17) is 5.73 Å². The molecular weight excluding hydrogens is 164 g/mol. The largest absolute Gasteiger partial charge is 0.396 e. The normalized spacial score (nSPS) is 10.8. The van der Waals surface area contributed by atoms with Crippen molar-refractivity contribution in [3.8, 4) is 0 Å². The lowest BCUT2D eigenvalue weighted by atomic mass is 10.3. The Bertz CT molecular complexity index is 283. The third-order valence-corrected chi connectivity index (χ3v) is 1.85. The van der Waals surface area contributed by atoms with E-state index in [0.29, 0.717) is 5.69 Å². The molecule has 1 aromatic heterocycles. The molecule has 0 amide bonds. The summed E-state index contributed by atoms with van der Waals surface area (Å²) in [6.45, 7) is 2.86. The standard InChI is InChI=1S/C9H16N4/c1-7-8(10)6-11-9(12-7)4-5-13(2)3/h6H,4-5,10H2,1-3H3. The van der Waals surface area contributed by atoms with Crippen molar-refractivity contribution >= 4 is 5.69 Å². The third-order valence-electron chi connectivity index (χ3n) is 1.85. The van der Waals surface area contributed by atoms with E-state index >= 15 is 0 Å². The van der Waals surface area contributed by atoms with Gasteiger partial charge < -0.3 is 10.6 Å². The SMILES string of the molecule is Cc1nc(CCN(C)C)ncc1N. The molecule has 0 atom stereocenters. The summed E-state index contributed by atoms with van der Waals surface area (Å²) in [6, 6.07) is 0. The maximum atomic E-state index is 5.61. The minimum atomic E-state index is 0.661. The van der Waals surface area contributed by atoms with Crippen LogP contribution in [-0.2, 0) is 6.42 Å². The lowest BCUT2D eigenvalue weighted by molar-refractivity contribution is 0.409. The second-order valence-electron chi connectivity index (χ2n) is 3.38. The second kappa shape index (κ2) is 4.18. The Hall–Kier alpha value is -1.16. The van der Waals surface area contributed by atoms with Crippen LogP contribution in [-0.4, -0.2) is 35.5 Å². The Labute approximate surface area is 78.8 Å². The van der Waals surface area contributed by atoms with Crippen molar-refractivity contribution in [2.45, 2.75) is 13.3 Å². The minimum Gasteiger partial charge on any atom is -0.396 e. The predicted octanol–water partition coefficient (Wildman–Crippen LogP) is 0.471. The quantitative estimate of drug-likeness (QED) is 0.734. The van der Waals surface area contributed by atoms with Crippen molar-refractivity contribution in [3.05, 3.63) is 17.7 Å². The first kappa shape index (κ1) is 9.92. The number of nitrogen functional groups attached to an aromatic ring is 1. The Kier molecular flexibility index (Phi) is 3.19. The first-order valence-corrected chi connectivity index (χ1v) is 4.32. The van der Waals surface area contributed by atoms with Gasteiger partial charge in [0.15, 0.2) is 0 Å². The molecule has 0 radical (unpaired) electrons. The summed E-state index contributed by atoms with van der Waals surface area (Å²) in [5.74, 6) is 0.861. The predicted molar refractivity (Wildman–Crippen MR) is 53.4 cm³/mol. The zero-order valence-electron chi connectivity index (χ0n) is 8.41. The van der Waals surface area contributed by atoms with Crippen molar-refractivity contribution in [3.63, 3.8) is 0 Å². The summed E-state index contributed by atoms with van der Waals surface area (Å²) in [5.41, 5.74) is 7.13. The Morgan fingerprint density at radius 1 is 1.46 bits per heavy atom. The van der Waals surface area contributed by atoms with Crippen LogP contribution >= 0.6 is 0 Å². The van der Waals surface area contributed by atoms with Crippen molar-refractivity contribution in [1.82, 2.24) is 14.9 Å². The number of nitrogens with zero attached hydrogens (tertiary/aromatic N) is 3. The first-order valence-electron chi connectivity index (χ1n) is 4.32. The Morgan fingerprint density at radius 3 is 2.69 bits per heavy atom. The molecule has 1 aromatic rings. The smallest absolute Gasteiger partial charge is 0.129 e. The molecule has 0 aliphatic heterocycles. The van der Waals surface area contributed by atoms with Crippen molar-refractivity contribution in [2.75, 3.05) is 26.4 Å². The molecular formula is C9H16N4. The molecule has 0 aliphatic rings. The summed E-state index contributed by atoms with van der Waals surface area (Å²) < 4.78 is 0.